The van der Waals surface area contributed by atoms with Crippen LogP contribution in [-0.2, 0) is 4.79 Å². The number of ketones is 1. The zero-order valence-corrected chi connectivity index (χ0v) is 18.2. The number of carbonyl (C=O) groups is 3. The number of amides is 2. The van der Waals surface area contributed by atoms with Crippen LogP contribution >= 0.6 is 0 Å². The van der Waals surface area contributed by atoms with Gasteiger partial charge in [0, 0.05) is 48.5 Å². The fourth-order valence-corrected chi connectivity index (χ4v) is 4.38. The molecule has 0 aliphatic carbocycles. The van der Waals surface area contributed by atoms with Crippen LogP contribution in [0.1, 0.15) is 27.1 Å². The van der Waals surface area contributed by atoms with Gasteiger partial charge in [-0.05, 0) is 42.7 Å². The van der Waals surface area contributed by atoms with E-state index in [4.69, 9.17) is 0 Å². The van der Waals surface area contributed by atoms with Crippen molar-refractivity contribution in [3.8, 4) is 11.3 Å². The molecule has 0 radical (unpaired) electrons. The Hall–Kier alpha value is -4.27. The molecule has 3 N–H and O–H groups in total. The van der Waals surface area contributed by atoms with Crippen molar-refractivity contribution < 1.29 is 18.8 Å². The van der Waals surface area contributed by atoms with Crippen LogP contribution < -0.4 is 5.32 Å². The fraction of sp³-hybridized carbons (Fsp3) is 0.200. The molecule has 34 heavy (non-hydrogen) atoms. The largest absolute Gasteiger partial charge is 0.360 e. The number of nitrogens with zero attached hydrogens (tertiary/aromatic N) is 2. The third-order valence-electron chi connectivity index (χ3n) is 6.16. The molecule has 1 fully saturated rings. The molecule has 8 nitrogen and oxygen atoms in total. The maximum Gasteiger partial charge on any atom is 0.295 e. The number of benzene rings is 2. The highest BCUT2D eigenvalue weighted by Crippen LogP contribution is 2.31. The van der Waals surface area contributed by atoms with Crippen molar-refractivity contribution in [2.45, 2.75) is 6.42 Å². The minimum Gasteiger partial charge on any atom is -0.360 e. The van der Waals surface area contributed by atoms with E-state index in [1.165, 1.54) is 17.2 Å². The molecular weight excluding hydrogens is 437 g/mol. The Morgan fingerprint density at radius 1 is 1.12 bits per heavy atom. The van der Waals surface area contributed by atoms with Gasteiger partial charge in [-0.3, -0.25) is 19.5 Å². The average Bonchev–Trinajstić information content (AvgIpc) is 3.63. The van der Waals surface area contributed by atoms with Crippen LogP contribution in [0.15, 0.2) is 60.9 Å². The predicted octanol–water partition coefficient (Wildman–Crippen LogP) is 3.16. The lowest BCUT2D eigenvalue weighted by Gasteiger charge is -2.16. The van der Waals surface area contributed by atoms with Gasteiger partial charge in [-0.2, -0.15) is 5.10 Å². The zero-order valence-electron chi connectivity index (χ0n) is 18.2. The van der Waals surface area contributed by atoms with Gasteiger partial charge in [0.15, 0.2) is 0 Å². The van der Waals surface area contributed by atoms with Crippen LogP contribution in [0.4, 0.5) is 4.39 Å². The first-order chi connectivity index (χ1) is 16.5. The summed E-state index contributed by atoms with van der Waals surface area (Å²) in [7, 11) is 0. The molecular formula is C25H22FN5O3. The SMILES string of the molecule is O=C(NCC1CCN(C(=O)C(=O)c2c[nH]c3c(-c4cc[nH]n4)ccc(F)c23)C1)c1ccccc1. The van der Waals surface area contributed by atoms with Crippen LogP contribution in [0.2, 0.25) is 0 Å². The van der Waals surface area contributed by atoms with Gasteiger partial charge in [0.2, 0.25) is 0 Å². The van der Waals surface area contributed by atoms with Gasteiger partial charge < -0.3 is 15.2 Å². The van der Waals surface area contributed by atoms with Crippen LogP contribution in [0.3, 0.4) is 0 Å². The Morgan fingerprint density at radius 3 is 2.71 bits per heavy atom. The molecule has 9 heteroatoms. The number of fused-ring (bicyclic) bond motifs is 1. The van der Waals surface area contributed by atoms with E-state index in [2.05, 4.69) is 20.5 Å². The number of halogens is 1. The number of nitrogens with one attached hydrogen (secondary N) is 3. The lowest BCUT2D eigenvalue weighted by atomic mass is 10.0. The fourth-order valence-electron chi connectivity index (χ4n) is 4.38. The second-order valence-corrected chi connectivity index (χ2v) is 8.32. The minimum atomic E-state index is -0.765. The Labute approximate surface area is 194 Å². The molecule has 3 heterocycles. The molecule has 2 aromatic heterocycles. The average molecular weight is 459 g/mol. The second kappa shape index (κ2) is 8.93. The van der Waals surface area contributed by atoms with Crippen molar-refractivity contribution in [2.75, 3.05) is 19.6 Å². The van der Waals surface area contributed by atoms with Crippen molar-refractivity contribution in [1.29, 1.82) is 0 Å². The molecule has 172 valence electrons. The van der Waals surface area contributed by atoms with Crippen LogP contribution in [0.25, 0.3) is 22.2 Å². The molecule has 1 atom stereocenters. The molecule has 2 amide bonds. The van der Waals surface area contributed by atoms with Gasteiger partial charge >= 0.3 is 0 Å². The van der Waals surface area contributed by atoms with Crippen LogP contribution in [0.5, 0.6) is 0 Å². The number of hydrogen-bond donors (Lipinski definition) is 3. The smallest absolute Gasteiger partial charge is 0.295 e. The Kier molecular flexibility index (Phi) is 5.67. The number of Topliss-reactive ketones (excluding diaryl/α,β-unsaturated/α-hetero) is 1. The van der Waals surface area contributed by atoms with E-state index in [1.807, 2.05) is 6.07 Å². The van der Waals surface area contributed by atoms with E-state index < -0.39 is 17.5 Å². The highest BCUT2D eigenvalue weighted by molar-refractivity contribution is 6.45. The van der Waals surface area contributed by atoms with Crippen molar-refractivity contribution in [3.63, 3.8) is 0 Å². The van der Waals surface area contributed by atoms with Crippen LogP contribution in [-0.4, -0.2) is 57.3 Å². The zero-order chi connectivity index (χ0) is 23.7. The van der Waals surface area contributed by atoms with Gasteiger partial charge in [-0.1, -0.05) is 18.2 Å². The van der Waals surface area contributed by atoms with E-state index >= 15 is 0 Å². The minimum absolute atomic E-state index is 0.00397. The Bertz CT molecular complexity index is 1360. The summed E-state index contributed by atoms with van der Waals surface area (Å²) in [6.45, 7) is 1.16. The summed E-state index contributed by atoms with van der Waals surface area (Å²) in [5.41, 5.74) is 2.19. The third kappa shape index (κ3) is 3.96. The Morgan fingerprint density at radius 2 is 1.94 bits per heavy atom. The normalized spacial score (nSPS) is 15.6. The molecule has 1 saturated heterocycles. The molecule has 1 aliphatic rings. The predicted molar refractivity (Wildman–Crippen MR) is 124 cm³/mol. The van der Waals surface area contributed by atoms with Crippen molar-refractivity contribution in [1.82, 2.24) is 25.4 Å². The highest BCUT2D eigenvalue weighted by atomic mass is 19.1. The number of aromatic amines is 2. The van der Waals surface area contributed by atoms with E-state index in [9.17, 15) is 18.8 Å². The molecule has 1 unspecified atom stereocenters. The van der Waals surface area contributed by atoms with Gasteiger partial charge in [-0.15, -0.1) is 0 Å². The summed E-state index contributed by atoms with van der Waals surface area (Å²) in [5.74, 6) is -2.17. The number of likely N-dealkylation sites (tertiary alicyclic amines) is 1. The molecule has 0 spiro atoms. The standard InChI is InChI=1S/C25H22FN5O3/c26-19-7-6-17(20-8-10-29-30-20)22-21(19)18(13-27-22)23(32)25(34)31-11-9-15(14-31)12-28-24(33)16-4-2-1-3-5-16/h1-8,10,13,15,27H,9,11-12,14H2,(H,28,33)(H,29,30). The summed E-state index contributed by atoms with van der Waals surface area (Å²) in [6, 6.07) is 13.5. The molecule has 5 rings (SSSR count). The monoisotopic (exact) mass is 459 g/mol. The summed E-state index contributed by atoms with van der Waals surface area (Å²) in [4.78, 5) is 42.7. The number of H-pyrrole nitrogens is 2. The van der Waals surface area contributed by atoms with Crippen molar-refractivity contribution >= 4 is 28.5 Å². The molecule has 4 aromatic rings. The number of rotatable bonds is 6. The summed E-state index contributed by atoms with van der Waals surface area (Å²) in [5, 5.41) is 9.79. The molecule has 1 aliphatic heterocycles. The second-order valence-electron chi connectivity index (χ2n) is 8.32. The first-order valence-corrected chi connectivity index (χ1v) is 11.0. The van der Waals surface area contributed by atoms with Gasteiger partial charge in [-0.25, -0.2) is 4.39 Å². The van der Waals surface area contributed by atoms with E-state index in [1.54, 1.807) is 42.6 Å². The van der Waals surface area contributed by atoms with Crippen molar-refractivity contribution in [2.24, 2.45) is 5.92 Å². The first-order valence-electron chi connectivity index (χ1n) is 11.0. The van der Waals surface area contributed by atoms with Gasteiger partial charge in [0.1, 0.15) is 5.82 Å². The van der Waals surface area contributed by atoms with Gasteiger partial charge in [0.05, 0.1) is 16.8 Å². The number of aromatic nitrogens is 3. The maximum atomic E-state index is 14.7. The highest BCUT2D eigenvalue weighted by Gasteiger charge is 2.32. The quantitative estimate of drug-likeness (QED) is 0.304. The van der Waals surface area contributed by atoms with Crippen molar-refractivity contribution in [3.05, 3.63) is 77.9 Å². The van der Waals surface area contributed by atoms with Gasteiger partial charge in [0.25, 0.3) is 17.6 Å². The summed E-state index contributed by atoms with van der Waals surface area (Å²) in [6.07, 6.45) is 3.69. The first kappa shape index (κ1) is 21.6. The number of carbonyl (C=O) groups excluding carboxylic acids is 3. The van der Waals surface area contributed by atoms with E-state index in [0.29, 0.717) is 48.4 Å². The van der Waals surface area contributed by atoms with E-state index in [-0.39, 0.29) is 22.8 Å². The lowest BCUT2D eigenvalue weighted by molar-refractivity contribution is -0.125. The Balaban J connectivity index is 1.28. The summed E-state index contributed by atoms with van der Waals surface area (Å²) >= 11 is 0. The topological polar surface area (TPSA) is 111 Å². The summed E-state index contributed by atoms with van der Waals surface area (Å²) < 4.78 is 14.7. The molecule has 0 bridgehead atoms. The molecule has 2 aromatic carbocycles. The lowest BCUT2D eigenvalue weighted by Crippen LogP contribution is -2.36. The number of hydrogen-bond acceptors (Lipinski definition) is 4. The van der Waals surface area contributed by atoms with Crippen LogP contribution in [0, 0.1) is 11.7 Å². The van der Waals surface area contributed by atoms with E-state index in [0.717, 1.165) is 0 Å². The maximum absolute atomic E-state index is 14.7. The third-order valence-corrected chi connectivity index (χ3v) is 6.16. The molecule has 0 saturated carbocycles.